The van der Waals surface area contributed by atoms with Gasteiger partial charge in [0.05, 0.1) is 5.97 Å². The molecule has 0 aromatic rings. The maximum absolute atomic E-state index is 10.1. The summed E-state index contributed by atoms with van der Waals surface area (Å²) in [6, 6.07) is 0. The SMILES string of the molecule is O=C([O-])CC(O)(CC(=O)[O-])C(=O)[O-].[Mn+2].[V+5]. The summed E-state index contributed by atoms with van der Waals surface area (Å²) >= 11 is 0. The van der Waals surface area contributed by atoms with E-state index in [0.29, 0.717) is 0 Å². The van der Waals surface area contributed by atoms with E-state index >= 15 is 0 Å². The minimum atomic E-state index is -2.97. The summed E-state index contributed by atoms with van der Waals surface area (Å²) in [5.41, 5.74) is -2.97. The van der Waals surface area contributed by atoms with Gasteiger partial charge in [0, 0.05) is 24.8 Å². The maximum Gasteiger partial charge on any atom is 5.00 e. The van der Waals surface area contributed by atoms with E-state index < -0.39 is 36.4 Å². The Balaban J connectivity index is -0.000000720. The van der Waals surface area contributed by atoms with E-state index in [1.165, 1.54) is 0 Å². The molecule has 0 bridgehead atoms. The standard InChI is InChI=1S/C6H8O7.Mn.V/c7-3(8)1-6(13,5(11)12)2-4(9)10;;/h13H,1-2H2,(H,7,8)(H,9,10)(H,11,12);;/q;+2;+5/p-3. The molecule has 0 rings (SSSR count). The Morgan fingerprint density at radius 1 is 1.00 bits per heavy atom. The minimum absolute atomic E-state index is 0. The molecule has 1 radical (unpaired) electrons. The average molecular weight is 295 g/mol. The minimum Gasteiger partial charge on any atom is -0.550 e. The maximum atomic E-state index is 10.1. The third kappa shape index (κ3) is 7.41. The molecular formula is C6H5MnO7V+4. The van der Waals surface area contributed by atoms with Crippen molar-refractivity contribution < 1.29 is 70.4 Å². The van der Waals surface area contributed by atoms with Crippen LogP contribution < -0.4 is 15.3 Å². The van der Waals surface area contributed by atoms with Crippen LogP contribution in [-0.2, 0) is 50.0 Å². The molecule has 0 atom stereocenters. The van der Waals surface area contributed by atoms with E-state index in [1.54, 1.807) is 0 Å². The first-order valence-electron chi connectivity index (χ1n) is 3.11. The quantitative estimate of drug-likeness (QED) is 0.499. The second-order valence-corrected chi connectivity index (χ2v) is 2.42. The van der Waals surface area contributed by atoms with Gasteiger partial charge in [-0.3, -0.25) is 0 Å². The number of rotatable bonds is 5. The van der Waals surface area contributed by atoms with Crippen molar-refractivity contribution in [1.82, 2.24) is 0 Å². The first-order valence-corrected chi connectivity index (χ1v) is 3.11. The third-order valence-corrected chi connectivity index (χ3v) is 1.25. The van der Waals surface area contributed by atoms with Crippen molar-refractivity contribution in [3.8, 4) is 0 Å². The van der Waals surface area contributed by atoms with Gasteiger partial charge in [0.25, 0.3) is 0 Å². The van der Waals surface area contributed by atoms with Gasteiger partial charge in [0.1, 0.15) is 5.60 Å². The predicted octanol–water partition coefficient (Wildman–Crippen LogP) is -5.26. The fourth-order valence-electron chi connectivity index (χ4n) is 0.684. The van der Waals surface area contributed by atoms with E-state index in [4.69, 9.17) is 5.11 Å². The van der Waals surface area contributed by atoms with Crippen molar-refractivity contribution in [1.29, 1.82) is 0 Å². The van der Waals surface area contributed by atoms with Gasteiger partial charge >= 0.3 is 35.6 Å². The van der Waals surface area contributed by atoms with Crippen molar-refractivity contribution >= 4 is 17.9 Å². The van der Waals surface area contributed by atoms with Gasteiger partial charge in [0.2, 0.25) is 0 Å². The number of carbonyl (C=O) groups is 3. The molecular weight excluding hydrogens is 290 g/mol. The molecule has 0 saturated heterocycles. The Labute approximate surface area is 107 Å². The molecule has 79 valence electrons. The summed E-state index contributed by atoms with van der Waals surface area (Å²) in [4.78, 5) is 30.0. The third-order valence-electron chi connectivity index (χ3n) is 1.25. The van der Waals surface area contributed by atoms with Crippen LogP contribution in [0.2, 0.25) is 0 Å². The van der Waals surface area contributed by atoms with Gasteiger partial charge in [0.15, 0.2) is 0 Å². The van der Waals surface area contributed by atoms with E-state index in [9.17, 15) is 29.7 Å². The van der Waals surface area contributed by atoms with Crippen LogP contribution in [0, 0.1) is 0 Å². The number of hydrogen-bond donors (Lipinski definition) is 1. The average Bonchev–Trinajstić information content (AvgIpc) is 1.82. The molecule has 0 aliphatic rings. The zero-order valence-corrected chi connectivity index (χ0v) is 9.71. The first-order chi connectivity index (χ1) is 5.78. The second-order valence-electron chi connectivity index (χ2n) is 2.42. The Kier molecular flexibility index (Phi) is 10.3. The molecule has 1 N–H and O–H groups in total. The topological polar surface area (TPSA) is 141 Å². The monoisotopic (exact) mass is 295 g/mol. The number of carbonyl (C=O) groups excluding carboxylic acids is 3. The van der Waals surface area contributed by atoms with Crippen LogP contribution in [0.5, 0.6) is 0 Å². The van der Waals surface area contributed by atoms with Crippen molar-refractivity contribution in [3.05, 3.63) is 0 Å². The molecule has 0 fully saturated rings. The smallest absolute Gasteiger partial charge is 0.550 e. The zero-order valence-electron chi connectivity index (χ0n) is 7.14. The Hall–Kier alpha value is -0.526. The van der Waals surface area contributed by atoms with Gasteiger partial charge in [-0.2, -0.15) is 0 Å². The molecule has 0 heterocycles. The molecule has 9 heteroatoms. The Morgan fingerprint density at radius 2 is 1.27 bits per heavy atom. The van der Waals surface area contributed by atoms with Gasteiger partial charge in [-0.1, -0.05) is 0 Å². The molecule has 0 spiro atoms. The summed E-state index contributed by atoms with van der Waals surface area (Å²) in [6.45, 7) is 0. The summed E-state index contributed by atoms with van der Waals surface area (Å²) in [6.07, 6.45) is -2.72. The summed E-state index contributed by atoms with van der Waals surface area (Å²) in [5.74, 6) is -5.98. The largest absolute Gasteiger partial charge is 5.00 e. The second kappa shape index (κ2) is 7.73. The van der Waals surface area contributed by atoms with E-state index in [1.807, 2.05) is 0 Å². The van der Waals surface area contributed by atoms with E-state index in [2.05, 4.69) is 0 Å². The van der Waals surface area contributed by atoms with E-state index in [-0.39, 0.29) is 35.6 Å². The normalized spacial score (nSPS) is 9.40. The summed E-state index contributed by atoms with van der Waals surface area (Å²) < 4.78 is 0. The molecule has 15 heavy (non-hydrogen) atoms. The van der Waals surface area contributed by atoms with Crippen LogP contribution in [0.4, 0.5) is 0 Å². The van der Waals surface area contributed by atoms with Gasteiger partial charge < -0.3 is 34.8 Å². The molecule has 0 unspecified atom stereocenters. The van der Waals surface area contributed by atoms with Crippen molar-refractivity contribution in [2.45, 2.75) is 18.4 Å². The molecule has 0 aliphatic carbocycles. The van der Waals surface area contributed by atoms with Crippen molar-refractivity contribution in [3.63, 3.8) is 0 Å². The van der Waals surface area contributed by atoms with Crippen LogP contribution >= 0.6 is 0 Å². The summed E-state index contributed by atoms with van der Waals surface area (Å²) in [7, 11) is 0. The number of hydrogen-bond acceptors (Lipinski definition) is 7. The number of carboxylic acid groups (broad SMARTS) is 3. The van der Waals surface area contributed by atoms with Crippen LogP contribution in [0.1, 0.15) is 12.8 Å². The fraction of sp³-hybridized carbons (Fsp3) is 0.500. The Bertz CT molecular complexity index is 238. The summed E-state index contributed by atoms with van der Waals surface area (Å²) in [5, 5.41) is 38.9. The van der Waals surface area contributed by atoms with Gasteiger partial charge in [-0.15, -0.1) is 0 Å². The predicted molar refractivity (Wildman–Crippen MR) is 29.2 cm³/mol. The molecule has 7 nitrogen and oxygen atoms in total. The van der Waals surface area contributed by atoms with Crippen LogP contribution in [0.15, 0.2) is 0 Å². The van der Waals surface area contributed by atoms with E-state index in [0.717, 1.165) is 0 Å². The first kappa shape index (κ1) is 20.0. The molecule has 0 aliphatic heterocycles. The molecule has 0 aromatic heterocycles. The zero-order chi connectivity index (χ0) is 10.6. The molecule has 0 saturated carbocycles. The Morgan fingerprint density at radius 3 is 1.40 bits per heavy atom. The number of aliphatic hydroxyl groups is 1. The van der Waals surface area contributed by atoms with Crippen molar-refractivity contribution in [2.75, 3.05) is 0 Å². The number of carboxylic acids is 3. The van der Waals surface area contributed by atoms with Crippen LogP contribution in [-0.4, -0.2) is 28.6 Å². The van der Waals surface area contributed by atoms with Crippen molar-refractivity contribution in [2.24, 2.45) is 0 Å². The van der Waals surface area contributed by atoms with Crippen LogP contribution in [0.3, 0.4) is 0 Å². The molecule has 0 amide bonds. The fourth-order valence-corrected chi connectivity index (χ4v) is 0.684. The van der Waals surface area contributed by atoms with Crippen LogP contribution in [0.25, 0.3) is 0 Å². The molecule has 0 aromatic carbocycles. The van der Waals surface area contributed by atoms with Gasteiger partial charge in [-0.05, 0) is 0 Å². The number of aliphatic carboxylic acids is 3. The van der Waals surface area contributed by atoms with Gasteiger partial charge in [-0.25, -0.2) is 0 Å².